The molecule has 160 valence electrons. The normalized spacial score (nSPS) is 11.1. The van der Waals surface area contributed by atoms with Crippen molar-refractivity contribution >= 4 is 49.0 Å². The Kier molecular flexibility index (Phi) is 7.82. The van der Waals surface area contributed by atoms with Crippen molar-refractivity contribution in [1.82, 2.24) is 9.66 Å². The highest BCUT2D eigenvalue weighted by Crippen LogP contribution is 2.33. The quantitative estimate of drug-likeness (QED) is 0.368. The lowest BCUT2D eigenvalue weighted by atomic mass is 10.2. The number of methoxy groups -OCH3 is 1. The molecule has 0 N–H and O–H groups in total. The summed E-state index contributed by atoms with van der Waals surface area (Å²) in [4.78, 5) is 17.8. The first-order valence-corrected chi connectivity index (χ1v) is 11.2. The molecule has 2 aromatic carbocycles. The van der Waals surface area contributed by atoms with Crippen LogP contribution >= 0.6 is 31.9 Å². The van der Waals surface area contributed by atoms with E-state index in [1.807, 2.05) is 18.2 Å². The van der Waals surface area contributed by atoms with Crippen LogP contribution in [0.25, 0.3) is 10.9 Å². The van der Waals surface area contributed by atoms with Crippen molar-refractivity contribution in [3.63, 3.8) is 0 Å². The molecule has 1 heterocycles. The Morgan fingerprint density at radius 2 is 2.06 bits per heavy atom. The van der Waals surface area contributed by atoms with E-state index in [1.165, 1.54) is 11.8 Å². The van der Waals surface area contributed by atoms with Crippen LogP contribution in [0.4, 0.5) is 0 Å². The van der Waals surface area contributed by atoms with E-state index in [-0.39, 0.29) is 12.2 Å². The maximum atomic E-state index is 13.2. The second-order valence-electron chi connectivity index (χ2n) is 6.63. The number of rotatable bonds is 8. The van der Waals surface area contributed by atoms with Crippen molar-refractivity contribution in [2.24, 2.45) is 5.10 Å². The topological polar surface area (TPSA) is 89.5 Å². The molecule has 9 heteroatoms. The molecule has 31 heavy (non-hydrogen) atoms. The number of aromatic nitrogens is 2. The SMILES string of the molecule is CCCCc1nc2ccc(Br)cc2c(=O)n1N=Cc1cc(OC)c(OCC#N)cc1Br. The van der Waals surface area contributed by atoms with Gasteiger partial charge in [-0.3, -0.25) is 4.79 Å². The lowest BCUT2D eigenvalue weighted by Gasteiger charge is -2.11. The number of nitrogens with zero attached hydrogens (tertiary/aromatic N) is 4. The van der Waals surface area contributed by atoms with Crippen molar-refractivity contribution in [2.45, 2.75) is 26.2 Å². The van der Waals surface area contributed by atoms with Crippen LogP contribution in [0.5, 0.6) is 11.5 Å². The minimum Gasteiger partial charge on any atom is -0.493 e. The number of hydrogen-bond acceptors (Lipinski definition) is 6. The third kappa shape index (κ3) is 5.32. The maximum absolute atomic E-state index is 13.2. The van der Waals surface area contributed by atoms with Crippen LogP contribution in [0.15, 0.2) is 49.2 Å². The van der Waals surface area contributed by atoms with Crippen LogP contribution in [-0.2, 0) is 6.42 Å². The van der Waals surface area contributed by atoms with E-state index in [4.69, 9.17) is 14.7 Å². The van der Waals surface area contributed by atoms with Gasteiger partial charge in [0.1, 0.15) is 11.9 Å². The van der Waals surface area contributed by atoms with E-state index in [9.17, 15) is 4.79 Å². The zero-order valence-corrected chi connectivity index (χ0v) is 20.2. The van der Waals surface area contributed by atoms with E-state index in [0.29, 0.717) is 44.7 Å². The highest BCUT2D eigenvalue weighted by atomic mass is 79.9. The summed E-state index contributed by atoms with van der Waals surface area (Å²) in [5.74, 6) is 1.50. The Labute approximate surface area is 196 Å². The summed E-state index contributed by atoms with van der Waals surface area (Å²) in [5.41, 5.74) is 1.10. The van der Waals surface area contributed by atoms with Gasteiger partial charge in [0.05, 0.1) is 24.2 Å². The highest BCUT2D eigenvalue weighted by Gasteiger charge is 2.12. The fourth-order valence-corrected chi connectivity index (χ4v) is 3.75. The molecule has 0 saturated carbocycles. The Bertz CT molecular complexity index is 1230. The molecule has 0 saturated heterocycles. The molecular weight excluding hydrogens is 528 g/mol. The molecule has 0 aliphatic rings. The fourth-order valence-electron chi connectivity index (χ4n) is 2.96. The van der Waals surface area contributed by atoms with Crippen molar-refractivity contribution in [1.29, 1.82) is 5.26 Å². The molecule has 7 nitrogen and oxygen atoms in total. The summed E-state index contributed by atoms with van der Waals surface area (Å²) in [6, 6.07) is 10.8. The lowest BCUT2D eigenvalue weighted by molar-refractivity contribution is 0.329. The Hall–Kier alpha value is -2.70. The van der Waals surface area contributed by atoms with Crippen LogP contribution in [0, 0.1) is 11.3 Å². The zero-order valence-electron chi connectivity index (χ0n) is 17.1. The van der Waals surface area contributed by atoms with Crippen LogP contribution in [0.2, 0.25) is 0 Å². The van der Waals surface area contributed by atoms with Gasteiger partial charge in [0.15, 0.2) is 18.1 Å². The first kappa shape index (κ1) is 23.0. The molecule has 0 aliphatic heterocycles. The predicted octanol–water partition coefficient (Wildman–Crippen LogP) is 5.06. The molecule has 3 rings (SSSR count). The molecule has 0 amide bonds. The Morgan fingerprint density at radius 1 is 1.26 bits per heavy atom. The summed E-state index contributed by atoms with van der Waals surface area (Å²) in [6.07, 6.45) is 4.08. The number of ether oxygens (including phenoxy) is 2. The first-order chi connectivity index (χ1) is 15.0. The minimum absolute atomic E-state index is 0.0925. The molecule has 0 atom stereocenters. The standard InChI is InChI=1S/C22H20Br2N4O3/c1-3-4-5-21-27-18-7-6-15(23)11-16(18)22(29)28(21)26-13-14-10-19(30-2)20(12-17(14)24)31-9-8-25/h6-7,10-13H,3-5,9H2,1-2H3. The smallest absolute Gasteiger partial charge is 0.282 e. The van der Waals surface area contributed by atoms with Gasteiger partial charge in [-0.2, -0.15) is 15.0 Å². The van der Waals surface area contributed by atoms with Gasteiger partial charge in [0, 0.05) is 20.9 Å². The second kappa shape index (κ2) is 10.6. The average Bonchev–Trinajstić information content (AvgIpc) is 2.77. The van der Waals surface area contributed by atoms with Crippen LogP contribution in [-0.4, -0.2) is 29.6 Å². The second-order valence-corrected chi connectivity index (χ2v) is 8.40. The maximum Gasteiger partial charge on any atom is 0.282 e. The molecule has 0 radical (unpaired) electrons. The van der Waals surface area contributed by atoms with E-state index in [2.05, 4.69) is 48.9 Å². The number of halogens is 2. The number of nitriles is 1. The Morgan fingerprint density at radius 3 is 2.77 bits per heavy atom. The zero-order chi connectivity index (χ0) is 22.4. The summed E-state index contributed by atoms with van der Waals surface area (Å²) in [7, 11) is 1.52. The van der Waals surface area contributed by atoms with E-state index < -0.39 is 0 Å². The van der Waals surface area contributed by atoms with Gasteiger partial charge in [-0.15, -0.1) is 0 Å². The average molecular weight is 548 g/mol. The van der Waals surface area contributed by atoms with Crippen molar-refractivity contribution < 1.29 is 9.47 Å². The number of benzene rings is 2. The molecule has 0 unspecified atom stereocenters. The monoisotopic (exact) mass is 546 g/mol. The summed E-state index contributed by atoms with van der Waals surface area (Å²) >= 11 is 6.90. The van der Waals surface area contributed by atoms with Gasteiger partial charge in [0.25, 0.3) is 5.56 Å². The molecule has 3 aromatic rings. The van der Waals surface area contributed by atoms with Crippen LogP contribution in [0.1, 0.15) is 31.2 Å². The van der Waals surface area contributed by atoms with E-state index in [1.54, 1.807) is 24.4 Å². The van der Waals surface area contributed by atoms with Crippen molar-refractivity contribution in [3.05, 3.63) is 61.0 Å². The van der Waals surface area contributed by atoms with E-state index >= 15 is 0 Å². The Balaban J connectivity index is 2.08. The minimum atomic E-state index is -0.231. The third-order valence-corrected chi connectivity index (χ3v) is 5.70. The summed E-state index contributed by atoms with van der Waals surface area (Å²) in [5, 5.41) is 13.7. The number of unbranched alkanes of at least 4 members (excludes halogenated alkanes) is 1. The van der Waals surface area contributed by atoms with Gasteiger partial charge < -0.3 is 9.47 Å². The molecular formula is C22H20Br2N4O3. The fraction of sp³-hybridized carbons (Fsp3) is 0.273. The third-order valence-electron chi connectivity index (χ3n) is 4.52. The van der Waals surface area contributed by atoms with Gasteiger partial charge in [-0.25, -0.2) is 4.98 Å². The van der Waals surface area contributed by atoms with Crippen LogP contribution in [0.3, 0.4) is 0 Å². The van der Waals surface area contributed by atoms with Crippen molar-refractivity contribution in [3.8, 4) is 17.6 Å². The number of hydrogen-bond donors (Lipinski definition) is 0. The lowest BCUT2D eigenvalue weighted by Crippen LogP contribution is -2.22. The molecule has 0 fully saturated rings. The number of aryl methyl sites for hydroxylation is 1. The predicted molar refractivity (Wildman–Crippen MR) is 127 cm³/mol. The molecule has 0 spiro atoms. The van der Waals surface area contributed by atoms with Crippen LogP contribution < -0.4 is 15.0 Å². The number of fused-ring (bicyclic) bond motifs is 1. The van der Waals surface area contributed by atoms with Gasteiger partial charge in [-0.05, 0) is 52.7 Å². The van der Waals surface area contributed by atoms with E-state index in [0.717, 1.165) is 17.3 Å². The first-order valence-electron chi connectivity index (χ1n) is 9.61. The summed E-state index contributed by atoms with van der Waals surface area (Å²) in [6.45, 7) is 1.99. The van der Waals surface area contributed by atoms with Crippen molar-refractivity contribution in [2.75, 3.05) is 13.7 Å². The van der Waals surface area contributed by atoms with Gasteiger partial charge in [0.2, 0.25) is 0 Å². The molecule has 0 bridgehead atoms. The van der Waals surface area contributed by atoms with Gasteiger partial charge in [-0.1, -0.05) is 29.3 Å². The molecule has 1 aromatic heterocycles. The van der Waals surface area contributed by atoms with Gasteiger partial charge >= 0.3 is 0 Å². The largest absolute Gasteiger partial charge is 0.493 e. The summed E-state index contributed by atoms with van der Waals surface area (Å²) < 4.78 is 13.6. The molecule has 0 aliphatic carbocycles. The highest BCUT2D eigenvalue weighted by molar-refractivity contribution is 9.10.